The number of nitrogens with one attached hydrogen (secondary N) is 1. The molecule has 0 saturated carbocycles. The van der Waals surface area contributed by atoms with E-state index < -0.39 is 11.7 Å². The molecule has 164 valence electrons. The first-order valence-electron chi connectivity index (χ1n) is 9.56. The standard InChI is InChI=1S/C20H20ClF3N6O/c1-10-7-13(25)29-17(15(10)20(22,23)24)11-8-12-14-18(16(11)21)31-6-5-30(4-3-26-2)19(14)28-9-27-12/h7-9,26H,3-6H2,1-2H3,(H2,25,29). The summed E-state index contributed by atoms with van der Waals surface area (Å²) in [6.07, 6.45) is -3.27. The minimum absolute atomic E-state index is 0.0158. The molecule has 3 N–H and O–H groups in total. The van der Waals surface area contributed by atoms with Crippen LogP contribution in [-0.4, -0.2) is 48.2 Å². The van der Waals surface area contributed by atoms with E-state index in [9.17, 15) is 13.2 Å². The molecule has 1 aliphatic heterocycles. The molecule has 0 amide bonds. The predicted octanol–water partition coefficient (Wildman–Crippen LogP) is 3.67. The van der Waals surface area contributed by atoms with Crippen molar-refractivity contribution >= 4 is 34.1 Å². The highest BCUT2D eigenvalue weighted by Crippen LogP contribution is 2.47. The van der Waals surface area contributed by atoms with Crippen molar-refractivity contribution in [1.29, 1.82) is 0 Å². The van der Waals surface area contributed by atoms with E-state index in [4.69, 9.17) is 22.1 Å². The second kappa shape index (κ2) is 8.01. The van der Waals surface area contributed by atoms with Crippen LogP contribution in [0, 0.1) is 6.92 Å². The average molecular weight is 453 g/mol. The largest absolute Gasteiger partial charge is 0.489 e. The number of aryl methyl sites for hydroxylation is 1. The molecule has 1 aromatic carbocycles. The van der Waals surface area contributed by atoms with Crippen LogP contribution in [0.2, 0.25) is 5.02 Å². The summed E-state index contributed by atoms with van der Waals surface area (Å²) in [6, 6.07) is 2.67. The van der Waals surface area contributed by atoms with Crippen molar-refractivity contribution in [2.75, 3.05) is 43.9 Å². The summed E-state index contributed by atoms with van der Waals surface area (Å²) < 4.78 is 47.5. The number of halogens is 4. The topological polar surface area (TPSA) is 89.2 Å². The van der Waals surface area contributed by atoms with Crippen LogP contribution < -0.4 is 20.7 Å². The first kappa shape index (κ1) is 21.4. The highest BCUT2D eigenvalue weighted by atomic mass is 35.5. The summed E-state index contributed by atoms with van der Waals surface area (Å²) >= 11 is 6.62. The van der Waals surface area contributed by atoms with Crippen molar-refractivity contribution in [3.05, 3.63) is 34.6 Å². The number of hydrogen-bond acceptors (Lipinski definition) is 7. The molecule has 31 heavy (non-hydrogen) atoms. The molecular formula is C20H20ClF3N6O. The van der Waals surface area contributed by atoms with E-state index in [1.807, 2.05) is 11.9 Å². The number of ether oxygens (including phenoxy) is 1. The summed E-state index contributed by atoms with van der Waals surface area (Å²) in [5.41, 5.74) is 4.95. The first-order chi connectivity index (χ1) is 14.7. The fourth-order valence-corrected chi connectivity index (χ4v) is 4.07. The second-order valence-corrected chi connectivity index (χ2v) is 7.56. The zero-order chi connectivity index (χ0) is 22.3. The maximum atomic E-state index is 13.9. The van der Waals surface area contributed by atoms with Crippen molar-refractivity contribution in [1.82, 2.24) is 20.3 Å². The van der Waals surface area contributed by atoms with E-state index in [0.717, 1.165) is 0 Å². The number of aromatic nitrogens is 3. The monoisotopic (exact) mass is 452 g/mol. The van der Waals surface area contributed by atoms with Gasteiger partial charge in [0.25, 0.3) is 0 Å². The normalized spacial score (nSPS) is 13.9. The van der Waals surface area contributed by atoms with Crippen LogP contribution in [0.4, 0.5) is 24.8 Å². The lowest BCUT2D eigenvalue weighted by atomic mass is 9.99. The Morgan fingerprint density at radius 1 is 1.29 bits per heavy atom. The molecule has 3 heterocycles. The zero-order valence-electron chi connectivity index (χ0n) is 16.8. The molecule has 0 unspecified atom stereocenters. The van der Waals surface area contributed by atoms with Gasteiger partial charge in [0.15, 0.2) is 5.75 Å². The number of likely N-dealkylation sites (N-methyl/N-ethyl adjacent to an activating group) is 1. The van der Waals surface area contributed by atoms with Gasteiger partial charge in [-0.3, -0.25) is 0 Å². The summed E-state index contributed by atoms with van der Waals surface area (Å²) in [7, 11) is 1.85. The van der Waals surface area contributed by atoms with Gasteiger partial charge in [-0.15, -0.1) is 0 Å². The van der Waals surface area contributed by atoms with E-state index in [1.54, 1.807) is 0 Å². The lowest BCUT2D eigenvalue weighted by molar-refractivity contribution is -0.137. The lowest BCUT2D eigenvalue weighted by Gasteiger charge is -2.22. The Balaban J connectivity index is 2.00. The number of nitrogens with zero attached hydrogens (tertiary/aromatic N) is 4. The molecule has 0 atom stereocenters. The number of rotatable bonds is 4. The van der Waals surface area contributed by atoms with Gasteiger partial charge in [0.2, 0.25) is 0 Å². The Bertz CT molecular complexity index is 1150. The number of alkyl halides is 3. The van der Waals surface area contributed by atoms with Crippen LogP contribution >= 0.6 is 11.6 Å². The molecule has 2 aromatic heterocycles. The van der Waals surface area contributed by atoms with Gasteiger partial charge in [0, 0.05) is 18.7 Å². The number of pyridine rings is 1. The van der Waals surface area contributed by atoms with Crippen molar-refractivity contribution in [3.8, 4) is 17.0 Å². The number of benzene rings is 1. The number of anilines is 2. The van der Waals surface area contributed by atoms with Crippen molar-refractivity contribution in [2.24, 2.45) is 0 Å². The number of hydrogen-bond donors (Lipinski definition) is 2. The van der Waals surface area contributed by atoms with Gasteiger partial charge in [0.1, 0.15) is 24.6 Å². The lowest BCUT2D eigenvalue weighted by Crippen LogP contribution is -2.33. The second-order valence-electron chi connectivity index (χ2n) is 7.18. The molecule has 0 saturated heterocycles. The van der Waals surface area contributed by atoms with Crippen LogP contribution in [0.15, 0.2) is 18.5 Å². The van der Waals surface area contributed by atoms with Gasteiger partial charge in [-0.2, -0.15) is 13.2 Å². The molecular weight excluding hydrogens is 433 g/mol. The van der Waals surface area contributed by atoms with Crippen LogP contribution in [-0.2, 0) is 6.18 Å². The Kier molecular flexibility index (Phi) is 5.52. The highest BCUT2D eigenvalue weighted by Gasteiger charge is 2.38. The Morgan fingerprint density at radius 2 is 2.06 bits per heavy atom. The van der Waals surface area contributed by atoms with Crippen LogP contribution in [0.1, 0.15) is 11.1 Å². The Morgan fingerprint density at radius 3 is 2.77 bits per heavy atom. The summed E-state index contributed by atoms with van der Waals surface area (Å²) in [6.45, 7) is 3.54. The zero-order valence-corrected chi connectivity index (χ0v) is 17.6. The SMILES string of the molecule is CNCCN1CCOc2c(Cl)c(-c3nc(N)cc(C)c3C(F)(F)F)cc3ncnc1c23. The van der Waals surface area contributed by atoms with Gasteiger partial charge in [-0.1, -0.05) is 11.6 Å². The van der Waals surface area contributed by atoms with E-state index >= 15 is 0 Å². The summed E-state index contributed by atoms with van der Waals surface area (Å²) in [5, 5.41) is 3.66. The Hall–Kier alpha value is -2.85. The van der Waals surface area contributed by atoms with Crippen molar-refractivity contribution < 1.29 is 17.9 Å². The molecule has 0 bridgehead atoms. The van der Waals surface area contributed by atoms with E-state index in [-0.39, 0.29) is 40.0 Å². The van der Waals surface area contributed by atoms with Gasteiger partial charge in [-0.25, -0.2) is 15.0 Å². The molecule has 0 spiro atoms. The van der Waals surface area contributed by atoms with Crippen LogP contribution in [0.25, 0.3) is 22.2 Å². The molecule has 0 radical (unpaired) electrons. The van der Waals surface area contributed by atoms with Crippen LogP contribution in [0.3, 0.4) is 0 Å². The molecule has 1 aliphatic rings. The van der Waals surface area contributed by atoms with Gasteiger partial charge >= 0.3 is 6.18 Å². The van der Waals surface area contributed by atoms with Crippen LogP contribution in [0.5, 0.6) is 5.75 Å². The fourth-order valence-electron chi connectivity index (χ4n) is 3.78. The maximum Gasteiger partial charge on any atom is 0.418 e. The molecule has 0 fully saturated rings. The number of nitrogens with two attached hydrogens (primary N) is 1. The third-order valence-corrected chi connectivity index (χ3v) is 5.49. The smallest absolute Gasteiger partial charge is 0.418 e. The first-order valence-corrected chi connectivity index (χ1v) is 9.94. The average Bonchev–Trinajstić information content (AvgIpc) is 2.88. The third-order valence-electron chi connectivity index (χ3n) is 5.11. The quantitative estimate of drug-likeness (QED) is 0.624. The van der Waals surface area contributed by atoms with Crippen molar-refractivity contribution in [2.45, 2.75) is 13.1 Å². The summed E-state index contributed by atoms with van der Waals surface area (Å²) in [5.74, 6) is 0.825. The highest BCUT2D eigenvalue weighted by molar-refractivity contribution is 6.36. The third kappa shape index (κ3) is 3.81. The molecule has 4 rings (SSSR count). The number of nitrogen functional groups attached to an aromatic ring is 1. The molecule has 0 aliphatic carbocycles. The Labute approximate surface area is 181 Å². The van der Waals surface area contributed by atoms with Crippen molar-refractivity contribution in [3.63, 3.8) is 0 Å². The minimum Gasteiger partial charge on any atom is -0.489 e. The van der Waals surface area contributed by atoms with E-state index in [1.165, 1.54) is 25.4 Å². The predicted molar refractivity (Wildman–Crippen MR) is 114 cm³/mol. The van der Waals surface area contributed by atoms with Gasteiger partial charge in [-0.05, 0) is 31.7 Å². The van der Waals surface area contributed by atoms with E-state index in [0.29, 0.717) is 36.4 Å². The fraction of sp³-hybridized carbons (Fsp3) is 0.350. The van der Waals surface area contributed by atoms with E-state index in [2.05, 4.69) is 20.3 Å². The molecule has 7 nitrogen and oxygen atoms in total. The minimum atomic E-state index is -4.64. The molecule has 3 aromatic rings. The maximum absolute atomic E-state index is 13.9. The van der Waals surface area contributed by atoms with Gasteiger partial charge < -0.3 is 20.7 Å². The summed E-state index contributed by atoms with van der Waals surface area (Å²) in [4.78, 5) is 14.7. The van der Waals surface area contributed by atoms with Gasteiger partial charge in [0.05, 0.1) is 33.7 Å². The molecule has 11 heteroatoms.